The first-order valence-corrected chi connectivity index (χ1v) is 7.34. The van der Waals surface area contributed by atoms with Crippen LogP contribution in [0.15, 0.2) is 24.3 Å². The van der Waals surface area contributed by atoms with Crippen molar-refractivity contribution in [3.63, 3.8) is 0 Å². The van der Waals surface area contributed by atoms with E-state index in [0.29, 0.717) is 12.8 Å². The van der Waals surface area contributed by atoms with E-state index in [1.807, 2.05) is 0 Å². The number of hydrogen-bond acceptors (Lipinski definition) is 3. The molecule has 0 bridgehead atoms. The molecule has 0 aromatic heterocycles. The summed E-state index contributed by atoms with van der Waals surface area (Å²) in [6, 6.07) is 4.37. The molecule has 5 unspecified atom stereocenters. The lowest BCUT2D eigenvalue weighted by molar-refractivity contribution is -0.137. The molecule has 6 heteroatoms. The summed E-state index contributed by atoms with van der Waals surface area (Å²) in [5.41, 5.74) is -0.792. The number of aliphatic hydroxyl groups excluding tert-OH is 2. The van der Waals surface area contributed by atoms with Crippen molar-refractivity contribution in [3.05, 3.63) is 35.4 Å². The number of ketones is 1. The fourth-order valence-electron chi connectivity index (χ4n) is 3.28. The van der Waals surface area contributed by atoms with Crippen molar-refractivity contribution in [2.24, 2.45) is 17.8 Å². The minimum Gasteiger partial charge on any atom is -0.392 e. The van der Waals surface area contributed by atoms with E-state index in [9.17, 15) is 28.2 Å². The molecule has 0 amide bonds. The topological polar surface area (TPSA) is 57.5 Å². The molecule has 0 spiro atoms. The van der Waals surface area contributed by atoms with Crippen LogP contribution in [0.1, 0.15) is 30.1 Å². The number of carbonyl (C=O) groups excluding carboxylic acids is 1. The van der Waals surface area contributed by atoms with Gasteiger partial charge in [-0.15, -0.1) is 0 Å². The Morgan fingerprint density at radius 1 is 1.30 bits per heavy atom. The number of rotatable bonds is 1. The van der Waals surface area contributed by atoms with E-state index >= 15 is 0 Å². The molecule has 0 heterocycles. The van der Waals surface area contributed by atoms with Crippen LogP contribution in [0.4, 0.5) is 13.2 Å². The Morgan fingerprint density at radius 3 is 2.65 bits per heavy atom. The van der Waals surface area contributed by atoms with Crippen LogP contribution in [0.3, 0.4) is 0 Å². The number of alkyl halides is 3. The minimum atomic E-state index is -4.48. The van der Waals surface area contributed by atoms with E-state index in [0.717, 1.165) is 12.1 Å². The Hall–Kier alpha value is -1.84. The van der Waals surface area contributed by atoms with Crippen molar-refractivity contribution in [2.75, 3.05) is 0 Å². The molecule has 3 rings (SSSR count). The van der Waals surface area contributed by atoms with Crippen LogP contribution in [-0.2, 0) is 11.0 Å². The van der Waals surface area contributed by atoms with Crippen molar-refractivity contribution < 1.29 is 28.2 Å². The number of fused-ring (bicyclic) bond motifs is 1. The molecule has 5 atom stereocenters. The number of Topliss-reactive ketones (excluding diaryl/α,β-unsaturated/α-hetero) is 1. The summed E-state index contributed by atoms with van der Waals surface area (Å²) in [6.07, 6.45) is -5.74. The fraction of sp³-hybridized carbons (Fsp3) is 0.471. The quantitative estimate of drug-likeness (QED) is 0.780. The molecule has 2 fully saturated rings. The van der Waals surface area contributed by atoms with Gasteiger partial charge < -0.3 is 10.2 Å². The number of aliphatic hydroxyl groups is 2. The van der Waals surface area contributed by atoms with Crippen LogP contribution in [0.25, 0.3) is 0 Å². The van der Waals surface area contributed by atoms with Gasteiger partial charge in [-0.2, -0.15) is 13.2 Å². The second-order valence-corrected chi connectivity index (χ2v) is 6.09. The smallest absolute Gasteiger partial charge is 0.392 e. The Kier molecular flexibility index (Phi) is 3.95. The van der Waals surface area contributed by atoms with Crippen molar-refractivity contribution in [3.8, 4) is 11.8 Å². The largest absolute Gasteiger partial charge is 0.416 e. The summed E-state index contributed by atoms with van der Waals surface area (Å²) >= 11 is 0. The molecule has 23 heavy (non-hydrogen) atoms. The van der Waals surface area contributed by atoms with Gasteiger partial charge >= 0.3 is 6.18 Å². The normalized spacial score (nSPS) is 30.9. The Labute approximate surface area is 131 Å². The SMILES string of the molecule is O=C1CC2C1CC(C#CC(O)c1cccc(C(F)(F)F)c1)C2O. The first-order valence-electron chi connectivity index (χ1n) is 7.34. The number of carbonyl (C=O) groups is 1. The Bertz CT molecular complexity index is 686. The molecule has 122 valence electrons. The minimum absolute atomic E-state index is 0.0545. The van der Waals surface area contributed by atoms with Gasteiger partial charge in [0.25, 0.3) is 0 Å². The number of halogens is 3. The molecule has 0 saturated heterocycles. The molecular weight excluding hydrogens is 309 g/mol. The average molecular weight is 324 g/mol. The monoisotopic (exact) mass is 324 g/mol. The second kappa shape index (κ2) is 5.66. The van der Waals surface area contributed by atoms with Gasteiger partial charge in [0.2, 0.25) is 0 Å². The summed E-state index contributed by atoms with van der Waals surface area (Å²) in [7, 11) is 0. The highest BCUT2D eigenvalue weighted by atomic mass is 19.4. The Morgan fingerprint density at radius 2 is 2.04 bits per heavy atom. The van der Waals surface area contributed by atoms with E-state index < -0.39 is 29.9 Å². The maximum atomic E-state index is 12.7. The van der Waals surface area contributed by atoms with Gasteiger partial charge in [-0.25, -0.2) is 0 Å². The van der Waals surface area contributed by atoms with E-state index in [1.54, 1.807) is 0 Å². The van der Waals surface area contributed by atoms with Crippen molar-refractivity contribution in [2.45, 2.75) is 31.2 Å². The van der Waals surface area contributed by atoms with Crippen LogP contribution in [-0.4, -0.2) is 22.1 Å². The summed E-state index contributed by atoms with van der Waals surface area (Å²) in [5, 5.41) is 20.0. The van der Waals surface area contributed by atoms with Gasteiger partial charge in [-0.05, 0) is 24.1 Å². The zero-order chi connectivity index (χ0) is 16.8. The van der Waals surface area contributed by atoms with E-state index in [4.69, 9.17) is 0 Å². The van der Waals surface area contributed by atoms with Crippen LogP contribution < -0.4 is 0 Å². The molecule has 1 aromatic rings. The molecule has 2 N–H and O–H groups in total. The first-order chi connectivity index (χ1) is 10.8. The molecule has 2 aliphatic rings. The van der Waals surface area contributed by atoms with Gasteiger partial charge in [0.1, 0.15) is 11.9 Å². The maximum absolute atomic E-state index is 12.7. The summed E-state index contributed by atoms with van der Waals surface area (Å²) < 4.78 is 38.0. The lowest BCUT2D eigenvalue weighted by Gasteiger charge is -2.29. The highest BCUT2D eigenvalue weighted by Gasteiger charge is 2.52. The van der Waals surface area contributed by atoms with Gasteiger partial charge in [0.15, 0.2) is 0 Å². The molecule has 0 radical (unpaired) electrons. The standard InChI is InChI=1S/C17H15F3O3/c18-17(19,20)11-3-1-2-9(6-11)14(21)5-4-10-7-12-13(16(10)23)8-15(12)22/h1-3,6,10,12-14,16,21,23H,7-8H2. The molecule has 3 nitrogen and oxygen atoms in total. The third-order valence-electron chi connectivity index (χ3n) is 4.66. The van der Waals surface area contributed by atoms with Crippen LogP contribution >= 0.6 is 0 Å². The zero-order valence-electron chi connectivity index (χ0n) is 12.0. The van der Waals surface area contributed by atoms with Gasteiger partial charge in [0, 0.05) is 24.2 Å². The van der Waals surface area contributed by atoms with E-state index in [-0.39, 0.29) is 23.2 Å². The summed E-state index contributed by atoms with van der Waals surface area (Å²) in [6.45, 7) is 0. The lowest BCUT2D eigenvalue weighted by Crippen LogP contribution is -2.38. The third-order valence-corrected chi connectivity index (χ3v) is 4.66. The van der Waals surface area contributed by atoms with Gasteiger partial charge in [0.05, 0.1) is 11.7 Å². The van der Waals surface area contributed by atoms with Crippen LogP contribution in [0.2, 0.25) is 0 Å². The van der Waals surface area contributed by atoms with E-state index in [1.165, 1.54) is 12.1 Å². The molecule has 1 aromatic carbocycles. The first kappa shape index (κ1) is 16.0. The summed E-state index contributed by atoms with van der Waals surface area (Å²) in [4.78, 5) is 11.4. The molecule has 0 aliphatic heterocycles. The van der Waals surface area contributed by atoms with Crippen LogP contribution in [0, 0.1) is 29.6 Å². The average Bonchev–Trinajstić information content (AvgIpc) is 2.75. The highest BCUT2D eigenvalue weighted by molar-refractivity contribution is 5.88. The lowest BCUT2D eigenvalue weighted by atomic mass is 9.74. The predicted octanol–water partition coefficient (Wildman–Crippen LogP) is 2.33. The van der Waals surface area contributed by atoms with Crippen molar-refractivity contribution in [1.29, 1.82) is 0 Å². The zero-order valence-corrected chi connectivity index (χ0v) is 12.0. The molecule has 2 aliphatic carbocycles. The number of benzene rings is 1. The maximum Gasteiger partial charge on any atom is 0.416 e. The summed E-state index contributed by atoms with van der Waals surface area (Å²) in [5.74, 6) is 4.71. The molecule has 2 saturated carbocycles. The van der Waals surface area contributed by atoms with Gasteiger partial charge in [-0.3, -0.25) is 4.79 Å². The van der Waals surface area contributed by atoms with E-state index in [2.05, 4.69) is 11.8 Å². The predicted molar refractivity (Wildman–Crippen MR) is 74.9 cm³/mol. The Balaban J connectivity index is 1.73. The highest BCUT2D eigenvalue weighted by Crippen LogP contribution is 2.47. The fourth-order valence-corrected chi connectivity index (χ4v) is 3.28. The second-order valence-electron chi connectivity index (χ2n) is 6.09. The van der Waals surface area contributed by atoms with Crippen molar-refractivity contribution in [1.82, 2.24) is 0 Å². The third kappa shape index (κ3) is 2.99. The number of hydrogen-bond donors (Lipinski definition) is 2. The van der Waals surface area contributed by atoms with Crippen LogP contribution in [0.5, 0.6) is 0 Å². The van der Waals surface area contributed by atoms with Crippen molar-refractivity contribution >= 4 is 5.78 Å². The van der Waals surface area contributed by atoms with Gasteiger partial charge in [-0.1, -0.05) is 24.0 Å². The molecular formula is C17H15F3O3.